The Morgan fingerprint density at radius 1 is 1.05 bits per heavy atom. The van der Waals surface area contributed by atoms with Gasteiger partial charge in [-0.2, -0.15) is 0 Å². The molecule has 0 radical (unpaired) electrons. The lowest BCUT2D eigenvalue weighted by Crippen LogP contribution is -2.26. The van der Waals surface area contributed by atoms with Gasteiger partial charge in [-0.15, -0.1) is 0 Å². The molecule has 0 saturated carbocycles. The normalized spacial score (nSPS) is 10.1. The Kier molecular flexibility index (Phi) is 4.45. The molecule has 7 heteroatoms. The number of carbonyl (C=O) groups is 2. The predicted molar refractivity (Wildman–Crippen MR) is 76.3 cm³/mol. The Balaban J connectivity index is 1.92. The highest BCUT2D eigenvalue weighted by atomic mass is 16.2. The molecular formula is C14H13N3O4. The monoisotopic (exact) mass is 287 g/mol. The minimum atomic E-state index is -0.693. The van der Waals surface area contributed by atoms with E-state index in [4.69, 9.17) is 0 Å². The molecule has 0 unspecified atom stereocenters. The molecule has 108 valence electrons. The number of nitrogens with one attached hydrogen (secondary N) is 3. The van der Waals surface area contributed by atoms with E-state index < -0.39 is 17.2 Å². The molecule has 0 fully saturated rings. The number of carbonyl (C=O) groups excluding carboxylic acids is 2. The van der Waals surface area contributed by atoms with Crippen LogP contribution in [0.25, 0.3) is 0 Å². The van der Waals surface area contributed by atoms with Crippen LogP contribution in [0.15, 0.2) is 46.1 Å². The van der Waals surface area contributed by atoms with Crippen LogP contribution >= 0.6 is 0 Å². The quantitative estimate of drug-likeness (QED) is 0.701. The van der Waals surface area contributed by atoms with Gasteiger partial charge in [-0.05, 0) is 0 Å². The summed E-state index contributed by atoms with van der Waals surface area (Å²) in [6.07, 6.45) is 1.10. The number of rotatable bonds is 5. The van der Waals surface area contributed by atoms with E-state index in [1.54, 1.807) is 30.3 Å². The lowest BCUT2D eigenvalue weighted by atomic mass is 10.1. The van der Waals surface area contributed by atoms with Crippen molar-refractivity contribution in [3.05, 3.63) is 62.9 Å². The minimum absolute atomic E-state index is 0.0388. The van der Waals surface area contributed by atoms with Crippen LogP contribution in [0.4, 0.5) is 5.69 Å². The molecule has 0 atom stereocenters. The Labute approximate surface area is 119 Å². The van der Waals surface area contributed by atoms with Crippen molar-refractivity contribution in [1.82, 2.24) is 9.97 Å². The van der Waals surface area contributed by atoms with Gasteiger partial charge in [0.05, 0.1) is 0 Å². The molecule has 1 heterocycles. The molecule has 0 bridgehead atoms. The van der Waals surface area contributed by atoms with Crippen LogP contribution in [-0.4, -0.2) is 21.7 Å². The molecule has 1 aromatic carbocycles. The molecule has 21 heavy (non-hydrogen) atoms. The van der Waals surface area contributed by atoms with Crippen LogP contribution < -0.4 is 16.6 Å². The predicted octanol–water partition coefficient (Wildman–Crippen LogP) is 0.665. The van der Waals surface area contributed by atoms with Gasteiger partial charge in [0, 0.05) is 24.6 Å². The lowest BCUT2D eigenvalue weighted by Gasteiger charge is -2.03. The van der Waals surface area contributed by atoms with Crippen molar-refractivity contribution in [2.24, 2.45) is 0 Å². The second-order valence-corrected chi connectivity index (χ2v) is 4.32. The first-order valence-electron chi connectivity index (χ1n) is 6.26. The Morgan fingerprint density at radius 3 is 2.43 bits per heavy atom. The smallest absolute Gasteiger partial charge is 0.320 e. The molecular weight excluding hydrogens is 274 g/mol. The van der Waals surface area contributed by atoms with E-state index >= 15 is 0 Å². The first-order valence-corrected chi connectivity index (χ1v) is 6.26. The summed E-state index contributed by atoms with van der Waals surface area (Å²) < 4.78 is 0. The van der Waals surface area contributed by atoms with Crippen LogP contribution in [0, 0.1) is 0 Å². The first-order chi connectivity index (χ1) is 10.1. The van der Waals surface area contributed by atoms with E-state index in [1.807, 2.05) is 4.98 Å². The van der Waals surface area contributed by atoms with Gasteiger partial charge in [-0.25, -0.2) is 4.79 Å². The fourth-order valence-corrected chi connectivity index (χ4v) is 1.71. The maximum absolute atomic E-state index is 11.8. The largest absolute Gasteiger partial charge is 0.325 e. The molecule has 0 aliphatic carbocycles. The second-order valence-electron chi connectivity index (χ2n) is 4.32. The topological polar surface area (TPSA) is 112 Å². The molecule has 7 nitrogen and oxygen atoms in total. The molecule has 1 amide bonds. The fourth-order valence-electron chi connectivity index (χ4n) is 1.71. The van der Waals surface area contributed by atoms with Crippen LogP contribution in [0.1, 0.15) is 23.2 Å². The molecule has 0 aliphatic rings. The van der Waals surface area contributed by atoms with E-state index in [2.05, 4.69) is 10.3 Å². The summed E-state index contributed by atoms with van der Waals surface area (Å²) in [6.45, 7) is 0. The summed E-state index contributed by atoms with van der Waals surface area (Å²) >= 11 is 0. The number of anilines is 1. The zero-order chi connectivity index (χ0) is 15.2. The van der Waals surface area contributed by atoms with Gasteiger partial charge in [0.1, 0.15) is 5.69 Å². The third-order valence-electron chi connectivity index (χ3n) is 2.77. The number of Topliss-reactive ketones (excluding diaryl/α,β-unsaturated/α-hetero) is 1. The van der Waals surface area contributed by atoms with Crippen molar-refractivity contribution in [1.29, 1.82) is 0 Å². The number of hydrogen-bond acceptors (Lipinski definition) is 4. The minimum Gasteiger partial charge on any atom is -0.320 e. The van der Waals surface area contributed by atoms with Gasteiger partial charge in [-0.3, -0.25) is 19.4 Å². The lowest BCUT2D eigenvalue weighted by molar-refractivity contribution is -0.116. The van der Waals surface area contributed by atoms with Gasteiger partial charge in [0.15, 0.2) is 5.78 Å². The van der Waals surface area contributed by atoms with Crippen LogP contribution in [-0.2, 0) is 4.79 Å². The number of benzene rings is 1. The average molecular weight is 287 g/mol. The average Bonchev–Trinajstić information content (AvgIpc) is 2.48. The van der Waals surface area contributed by atoms with Gasteiger partial charge in [-0.1, -0.05) is 30.3 Å². The summed E-state index contributed by atoms with van der Waals surface area (Å²) in [6, 6.07) is 8.63. The van der Waals surface area contributed by atoms with Crippen LogP contribution in [0.5, 0.6) is 0 Å². The molecule has 3 N–H and O–H groups in total. The van der Waals surface area contributed by atoms with Crippen molar-refractivity contribution in [3.8, 4) is 0 Å². The Hall–Kier alpha value is -2.96. The fraction of sp³-hybridized carbons (Fsp3) is 0.143. The van der Waals surface area contributed by atoms with Gasteiger partial charge in [0.25, 0.3) is 5.56 Å². The second kappa shape index (κ2) is 6.47. The third kappa shape index (κ3) is 4.00. The number of H-pyrrole nitrogens is 2. The number of ketones is 1. The van der Waals surface area contributed by atoms with E-state index in [9.17, 15) is 19.2 Å². The first kappa shape index (κ1) is 14.4. The Morgan fingerprint density at radius 2 is 1.76 bits per heavy atom. The highest BCUT2D eigenvalue weighted by molar-refractivity contribution is 5.99. The van der Waals surface area contributed by atoms with Crippen molar-refractivity contribution in [3.63, 3.8) is 0 Å². The van der Waals surface area contributed by atoms with Crippen molar-refractivity contribution in [2.75, 3.05) is 5.32 Å². The summed E-state index contributed by atoms with van der Waals surface area (Å²) in [5.74, 6) is -0.627. The van der Waals surface area contributed by atoms with Crippen LogP contribution in [0.2, 0.25) is 0 Å². The Bertz CT molecular complexity index is 762. The van der Waals surface area contributed by atoms with E-state index in [1.165, 1.54) is 0 Å². The molecule has 0 spiro atoms. The molecule has 0 saturated heterocycles. The van der Waals surface area contributed by atoms with Crippen LogP contribution in [0.3, 0.4) is 0 Å². The van der Waals surface area contributed by atoms with E-state index in [0.717, 1.165) is 6.20 Å². The van der Waals surface area contributed by atoms with Crippen molar-refractivity contribution < 1.29 is 9.59 Å². The van der Waals surface area contributed by atoms with Crippen molar-refractivity contribution >= 4 is 17.4 Å². The maximum Gasteiger partial charge on any atom is 0.325 e. The summed E-state index contributed by atoms with van der Waals surface area (Å²) in [5.41, 5.74) is -0.877. The van der Waals surface area contributed by atoms with E-state index in [-0.39, 0.29) is 24.3 Å². The van der Waals surface area contributed by atoms with E-state index in [0.29, 0.717) is 5.56 Å². The highest BCUT2D eigenvalue weighted by Gasteiger charge is 2.10. The molecule has 2 aromatic rings. The SMILES string of the molecule is O=C(CCC(=O)c1ccccc1)Nc1c[nH]c(=O)[nH]c1=O. The molecule has 2 rings (SSSR count). The summed E-state index contributed by atoms with van der Waals surface area (Å²) in [7, 11) is 0. The summed E-state index contributed by atoms with van der Waals surface area (Å²) in [4.78, 5) is 49.9. The van der Waals surface area contributed by atoms with Gasteiger partial charge < -0.3 is 10.3 Å². The molecule has 0 aliphatic heterocycles. The maximum atomic E-state index is 11.8. The highest BCUT2D eigenvalue weighted by Crippen LogP contribution is 2.06. The number of hydrogen-bond donors (Lipinski definition) is 3. The zero-order valence-electron chi connectivity index (χ0n) is 11.0. The van der Waals surface area contributed by atoms with Gasteiger partial charge in [0.2, 0.25) is 5.91 Å². The number of aromatic nitrogens is 2. The zero-order valence-corrected chi connectivity index (χ0v) is 11.0. The van der Waals surface area contributed by atoms with Gasteiger partial charge >= 0.3 is 5.69 Å². The third-order valence-corrected chi connectivity index (χ3v) is 2.77. The van der Waals surface area contributed by atoms with Crippen molar-refractivity contribution in [2.45, 2.75) is 12.8 Å². The number of amides is 1. The summed E-state index contributed by atoms with van der Waals surface area (Å²) in [5, 5.41) is 2.34. The molecule has 1 aromatic heterocycles. The standard InChI is InChI=1S/C14H13N3O4/c18-11(9-4-2-1-3-5-9)6-7-12(19)16-10-8-15-14(21)17-13(10)20/h1-5,8H,6-7H2,(H,16,19)(H2,15,17,20,21). The number of aromatic amines is 2.